The van der Waals surface area contributed by atoms with Gasteiger partial charge in [0.05, 0.1) is 12.5 Å². The minimum atomic E-state index is -0.337. The summed E-state index contributed by atoms with van der Waals surface area (Å²) in [6.07, 6.45) is 1.59. The minimum absolute atomic E-state index is 0.116. The standard InChI is InChI=1S/C16H21N3O3S/c1-17-15(21)11-13(16(17)22)18-6-8-19(9-7-18)14(20)5-4-12-3-2-10-23-12/h2-3,10,13H,4-9,11H2,1H3. The van der Waals surface area contributed by atoms with E-state index in [-0.39, 0.29) is 30.2 Å². The van der Waals surface area contributed by atoms with Gasteiger partial charge in [0.2, 0.25) is 17.7 Å². The van der Waals surface area contributed by atoms with Crippen molar-refractivity contribution in [2.24, 2.45) is 0 Å². The Kier molecular flexibility index (Phi) is 4.77. The van der Waals surface area contributed by atoms with Crippen molar-refractivity contribution in [3.05, 3.63) is 22.4 Å². The van der Waals surface area contributed by atoms with E-state index in [0.717, 1.165) is 6.42 Å². The van der Waals surface area contributed by atoms with E-state index in [1.807, 2.05) is 21.2 Å². The van der Waals surface area contributed by atoms with Crippen molar-refractivity contribution in [1.82, 2.24) is 14.7 Å². The summed E-state index contributed by atoms with van der Waals surface area (Å²) in [5.74, 6) is -0.0640. The van der Waals surface area contributed by atoms with Crippen LogP contribution in [0.2, 0.25) is 0 Å². The van der Waals surface area contributed by atoms with Gasteiger partial charge in [-0.25, -0.2) is 0 Å². The van der Waals surface area contributed by atoms with Crippen LogP contribution in [0.3, 0.4) is 0 Å². The van der Waals surface area contributed by atoms with Crippen molar-refractivity contribution in [3.8, 4) is 0 Å². The van der Waals surface area contributed by atoms with E-state index in [2.05, 4.69) is 6.07 Å². The number of likely N-dealkylation sites (N-methyl/N-ethyl adjacent to an activating group) is 1. The molecule has 7 heteroatoms. The van der Waals surface area contributed by atoms with Gasteiger partial charge in [0.15, 0.2) is 0 Å². The summed E-state index contributed by atoms with van der Waals surface area (Å²) in [7, 11) is 1.54. The van der Waals surface area contributed by atoms with Crippen LogP contribution in [0.1, 0.15) is 17.7 Å². The maximum absolute atomic E-state index is 12.3. The summed E-state index contributed by atoms with van der Waals surface area (Å²) in [5.41, 5.74) is 0. The summed E-state index contributed by atoms with van der Waals surface area (Å²) >= 11 is 1.68. The van der Waals surface area contributed by atoms with Crippen LogP contribution in [-0.4, -0.2) is 71.7 Å². The van der Waals surface area contributed by atoms with Crippen molar-refractivity contribution in [2.75, 3.05) is 33.2 Å². The first-order valence-electron chi connectivity index (χ1n) is 7.91. The average molecular weight is 335 g/mol. The predicted octanol–water partition coefficient (Wildman–Crippen LogP) is 0.582. The van der Waals surface area contributed by atoms with Gasteiger partial charge < -0.3 is 4.90 Å². The Morgan fingerprint density at radius 1 is 1.26 bits per heavy atom. The second-order valence-corrected chi connectivity index (χ2v) is 7.04. The van der Waals surface area contributed by atoms with Crippen LogP contribution < -0.4 is 0 Å². The average Bonchev–Trinajstić information content (AvgIpc) is 3.17. The van der Waals surface area contributed by atoms with Crippen molar-refractivity contribution in [3.63, 3.8) is 0 Å². The molecule has 3 heterocycles. The smallest absolute Gasteiger partial charge is 0.246 e. The Morgan fingerprint density at radius 3 is 2.57 bits per heavy atom. The Labute approximate surface area is 139 Å². The van der Waals surface area contributed by atoms with E-state index >= 15 is 0 Å². The number of nitrogens with zero attached hydrogens (tertiary/aromatic N) is 3. The summed E-state index contributed by atoms with van der Waals surface area (Å²) < 4.78 is 0. The second-order valence-electron chi connectivity index (χ2n) is 6.01. The Hall–Kier alpha value is -1.73. The lowest BCUT2D eigenvalue weighted by Crippen LogP contribution is -2.53. The molecule has 3 amide bonds. The lowest BCUT2D eigenvalue weighted by Gasteiger charge is -2.37. The lowest BCUT2D eigenvalue weighted by molar-refractivity contribution is -0.138. The van der Waals surface area contributed by atoms with E-state index in [0.29, 0.717) is 32.6 Å². The summed E-state index contributed by atoms with van der Waals surface area (Å²) in [4.78, 5) is 42.3. The molecular weight excluding hydrogens is 314 g/mol. The Balaban J connectivity index is 1.47. The number of hydrogen-bond donors (Lipinski definition) is 0. The highest BCUT2D eigenvalue weighted by Gasteiger charge is 2.40. The molecule has 1 aromatic heterocycles. The largest absolute Gasteiger partial charge is 0.340 e. The molecule has 23 heavy (non-hydrogen) atoms. The van der Waals surface area contributed by atoms with Crippen molar-refractivity contribution < 1.29 is 14.4 Å². The van der Waals surface area contributed by atoms with Gasteiger partial charge in [0.25, 0.3) is 0 Å². The molecule has 2 fully saturated rings. The van der Waals surface area contributed by atoms with E-state index < -0.39 is 0 Å². The fourth-order valence-corrected chi connectivity index (χ4v) is 3.86. The van der Waals surface area contributed by atoms with Gasteiger partial charge in [-0.1, -0.05) is 6.07 Å². The van der Waals surface area contributed by atoms with Crippen molar-refractivity contribution in [2.45, 2.75) is 25.3 Å². The zero-order valence-corrected chi connectivity index (χ0v) is 14.1. The molecule has 2 aliphatic heterocycles. The number of rotatable bonds is 4. The van der Waals surface area contributed by atoms with Crippen LogP contribution in [0, 0.1) is 0 Å². The topological polar surface area (TPSA) is 60.9 Å². The zero-order valence-electron chi connectivity index (χ0n) is 13.2. The number of imide groups is 1. The molecule has 6 nitrogen and oxygen atoms in total. The molecular formula is C16H21N3O3S. The van der Waals surface area contributed by atoms with Gasteiger partial charge in [-0.3, -0.25) is 24.2 Å². The second kappa shape index (κ2) is 6.80. The summed E-state index contributed by atoms with van der Waals surface area (Å²) in [6, 6.07) is 3.71. The highest BCUT2D eigenvalue weighted by atomic mass is 32.1. The van der Waals surface area contributed by atoms with Gasteiger partial charge in [-0.05, 0) is 17.9 Å². The molecule has 0 aromatic carbocycles. The van der Waals surface area contributed by atoms with E-state index in [1.165, 1.54) is 16.8 Å². The highest BCUT2D eigenvalue weighted by Crippen LogP contribution is 2.19. The van der Waals surface area contributed by atoms with Gasteiger partial charge >= 0.3 is 0 Å². The molecule has 2 saturated heterocycles. The van der Waals surface area contributed by atoms with Gasteiger partial charge in [0.1, 0.15) is 0 Å². The van der Waals surface area contributed by atoms with E-state index in [9.17, 15) is 14.4 Å². The number of thiophene rings is 1. The number of aryl methyl sites for hydroxylation is 1. The van der Waals surface area contributed by atoms with Crippen LogP contribution >= 0.6 is 11.3 Å². The molecule has 1 unspecified atom stereocenters. The zero-order chi connectivity index (χ0) is 16.4. The normalized spacial score (nSPS) is 22.9. The Bertz CT molecular complexity index is 594. The van der Waals surface area contributed by atoms with Crippen LogP contribution in [-0.2, 0) is 20.8 Å². The SMILES string of the molecule is CN1C(=O)CC(N2CCN(C(=O)CCc3cccs3)CC2)C1=O. The molecule has 0 spiro atoms. The molecule has 1 aromatic rings. The maximum atomic E-state index is 12.3. The molecule has 3 rings (SSSR count). The molecule has 0 radical (unpaired) electrons. The van der Waals surface area contributed by atoms with Crippen molar-refractivity contribution in [1.29, 1.82) is 0 Å². The maximum Gasteiger partial charge on any atom is 0.246 e. The fraction of sp³-hybridized carbons (Fsp3) is 0.562. The number of amides is 3. The molecule has 0 saturated carbocycles. The van der Waals surface area contributed by atoms with Crippen molar-refractivity contribution >= 4 is 29.1 Å². The number of hydrogen-bond acceptors (Lipinski definition) is 5. The number of carbonyl (C=O) groups excluding carboxylic acids is 3. The number of likely N-dealkylation sites (tertiary alicyclic amines) is 1. The van der Waals surface area contributed by atoms with E-state index in [1.54, 1.807) is 11.3 Å². The predicted molar refractivity (Wildman–Crippen MR) is 87.0 cm³/mol. The molecule has 2 aliphatic rings. The minimum Gasteiger partial charge on any atom is -0.340 e. The third-order valence-electron chi connectivity index (χ3n) is 4.63. The van der Waals surface area contributed by atoms with Crippen LogP contribution in [0.25, 0.3) is 0 Å². The molecule has 0 bridgehead atoms. The number of piperazine rings is 1. The van der Waals surface area contributed by atoms with Crippen LogP contribution in [0.4, 0.5) is 0 Å². The van der Waals surface area contributed by atoms with Gasteiger partial charge in [0, 0.05) is 44.5 Å². The quantitative estimate of drug-likeness (QED) is 0.756. The van der Waals surface area contributed by atoms with E-state index in [4.69, 9.17) is 0 Å². The highest BCUT2D eigenvalue weighted by molar-refractivity contribution is 7.09. The molecule has 124 valence electrons. The van der Waals surface area contributed by atoms with Crippen LogP contribution in [0.15, 0.2) is 17.5 Å². The summed E-state index contributed by atoms with van der Waals surface area (Å²) in [5, 5.41) is 2.02. The Morgan fingerprint density at radius 2 is 2.00 bits per heavy atom. The molecule has 0 N–H and O–H groups in total. The molecule has 0 aliphatic carbocycles. The number of carbonyl (C=O) groups is 3. The van der Waals surface area contributed by atoms with Crippen LogP contribution in [0.5, 0.6) is 0 Å². The first kappa shape index (κ1) is 16.1. The first-order chi connectivity index (χ1) is 11.1. The lowest BCUT2D eigenvalue weighted by atomic mass is 10.1. The van der Waals surface area contributed by atoms with Gasteiger partial charge in [-0.2, -0.15) is 0 Å². The fourth-order valence-electron chi connectivity index (χ4n) is 3.15. The summed E-state index contributed by atoms with van der Waals surface area (Å²) in [6.45, 7) is 2.57. The monoisotopic (exact) mass is 335 g/mol. The first-order valence-corrected chi connectivity index (χ1v) is 8.79. The third-order valence-corrected chi connectivity index (χ3v) is 5.57. The molecule has 1 atom stereocenters. The third kappa shape index (κ3) is 3.45. The van der Waals surface area contributed by atoms with Gasteiger partial charge in [-0.15, -0.1) is 11.3 Å².